The first-order chi connectivity index (χ1) is 12.0. The first-order valence-corrected chi connectivity index (χ1v) is 8.40. The van der Waals surface area contributed by atoms with Crippen molar-refractivity contribution in [1.29, 1.82) is 0 Å². The van der Waals surface area contributed by atoms with Crippen LogP contribution in [0.4, 0.5) is 4.39 Å². The largest absolute Gasteiger partial charge is 0.493 e. The van der Waals surface area contributed by atoms with E-state index in [1.165, 1.54) is 19.2 Å². The van der Waals surface area contributed by atoms with Crippen molar-refractivity contribution in [3.8, 4) is 11.5 Å². The summed E-state index contributed by atoms with van der Waals surface area (Å²) in [5.74, 6) is 0.0834. The zero-order chi connectivity index (χ0) is 18.4. The molecule has 2 rings (SSSR count). The highest BCUT2D eigenvalue weighted by Crippen LogP contribution is 2.36. The molecule has 1 amide bonds. The predicted molar refractivity (Wildman–Crippen MR) is 96.1 cm³/mol. The van der Waals surface area contributed by atoms with Crippen molar-refractivity contribution in [3.63, 3.8) is 0 Å². The van der Waals surface area contributed by atoms with Gasteiger partial charge in [-0.3, -0.25) is 4.79 Å². The van der Waals surface area contributed by atoms with Crippen LogP contribution in [0.3, 0.4) is 0 Å². The van der Waals surface area contributed by atoms with Gasteiger partial charge < -0.3 is 14.8 Å². The van der Waals surface area contributed by atoms with Crippen molar-refractivity contribution in [2.75, 3.05) is 13.7 Å². The van der Waals surface area contributed by atoms with Crippen molar-refractivity contribution in [2.24, 2.45) is 0 Å². The Kier molecular flexibility index (Phi) is 6.91. The summed E-state index contributed by atoms with van der Waals surface area (Å²) in [6, 6.07) is 7.72. The van der Waals surface area contributed by atoms with E-state index in [0.717, 1.165) is 5.56 Å². The van der Waals surface area contributed by atoms with Gasteiger partial charge in [-0.05, 0) is 36.8 Å². The average molecular weight is 386 g/mol. The number of hydrogen-bond acceptors (Lipinski definition) is 3. The predicted octanol–water partition coefficient (Wildman–Crippen LogP) is 4.40. The molecule has 134 valence electrons. The minimum atomic E-state index is -0.506. The lowest BCUT2D eigenvalue weighted by Gasteiger charge is -2.14. The van der Waals surface area contributed by atoms with E-state index in [2.05, 4.69) is 5.32 Å². The molecule has 2 aromatic rings. The van der Waals surface area contributed by atoms with E-state index in [1.807, 2.05) is 6.92 Å². The number of methoxy groups -OCH3 is 1. The lowest BCUT2D eigenvalue weighted by molar-refractivity contribution is -0.120. The van der Waals surface area contributed by atoms with Gasteiger partial charge in [0.1, 0.15) is 5.82 Å². The number of benzene rings is 2. The van der Waals surface area contributed by atoms with Crippen LogP contribution in [-0.4, -0.2) is 19.6 Å². The Morgan fingerprint density at radius 1 is 1.24 bits per heavy atom. The number of ether oxygens (including phenoxy) is 2. The molecule has 0 aliphatic rings. The van der Waals surface area contributed by atoms with Gasteiger partial charge in [0.25, 0.3) is 0 Å². The summed E-state index contributed by atoms with van der Waals surface area (Å²) in [5, 5.41) is 3.33. The Balaban J connectivity index is 2.06. The third kappa shape index (κ3) is 5.00. The molecule has 0 aliphatic carbocycles. The molecule has 0 saturated heterocycles. The Labute approximate surface area is 155 Å². The maximum absolute atomic E-state index is 13.7. The maximum atomic E-state index is 13.7. The highest BCUT2D eigenvalue weighted by Gasteiger charge is 2.14. The van der Waals surface area contributed by atoms with Crippen LogP contribution in [0, 0.1) is 5.82 Å². The molecule has 0 atom stereocenters. The molecule has 0 radical (unpaired) electrons. The van der Waals surface area contributed by atoms with Crippen LogP contribution in [0.15, 0.2) is 30.3 Å². The third-order valence-corrected chi connectivity index (χ3v) is 4.10. The van der Waals surface area contributed by atoms with Gasteiger partial charge in [0.05, 0.1) is 25.2 Å². The molecule has 0 saturated carbocycles. The Hall–Kier alpha value is -1.98. The van der Waals surface area contributed by atoms with Crippen LogP contribution < -0.4 is 14.8 Å². The zero-order valence-electron chi connectivity index (χ0n) is 13.9. The standard InChI is InChI=1S/C18H18Cl2FNO3/c1-3-25-18-14(20)7-11(8-16(18)24-2)10-22-17(23)9-12-13(19)5-4-6-15(12)21/h4-8H,3,9-10H2,1-2H3,(H,22,23). The van der Waals surface area contributed by atoms with Gasteiger partial charge in [0.2, 0.25) is 5.91 Å². The molecule has 4 nitrogen and oxygen atoms in total. The number of hydrogen-bond donors (Lipinski definition) is 1. The van der Waals surface area contributed by atoms with Gasteiger partial charge in [-0.25, -0.2) is 4.39 Å². The van der Waals surface area contributed by atoms with Crippen LogP contribution >= 0.6 is 23.2 Å². The second-order valence-electron chi connectivity index (χ2n) is 5.20. The highest BCUT2D eigenvalue weighted by atomic mass is 35.5. The lowest BCUT2D eigenvalue weighted by atomic mass is 10.1. The molecule has 7 heteroatoms. The lowest BCUT2D eigenvalue weighted by Crippen LogP contribution is -2.25. The topological polar surface area (TPSA) is 47.6 Å². The molecule has 25 heavy (non-hydrogen) atoms. The van der Waals surface area contributed by atoms with Gasteiger partial charge in [-0.15, -0.1) is 0 Å². The fraction of sp³-hybridized carbons (Fsp3) is 0.278. The zero-order valence-corrected chi connectivity index (χ0v) is 15.4. The highest BCUT2D eigenvalue weighted by molar-refractivity contribution is 6.32. The molecule has 1 N–H and O–H groups in total. The van der Waals surface area contributed by atoms with Crippen LogP contribution in [-0.2, 0) is 17.8 Å². The summed E-state index contributed by atoms with van der Waals surface area (Å²) in [5.41, 5.74) is 0.905. The van der Waals surface area contributed by atoms with Crippen LogP contribution in [0.5, 0.6) is 11.5 Å². The van der Waals surface area contributed by atoms with E-state index in [-0.39, 0.29) is 29.5 Å². The number of amides is 1. The van der Waals surface area contributed by atoms with E-state index in [4.69, 9.17) is 32.7 Å². The quantitative estimate of drug-likeness (QED) is 0.768. The molecular formula is C18H18Cl2FNO3. The summed E-state index contributed by atoms with van der Waals surface area (Å²) in [6.07, 6.45) is -0.145. The van der Waals surface area contributed by atoms with Crippen LogP contribution in [0.25, 0.3) is 0 Å². The number of carbonyl (C=O) groups is 1. The van der Waals surface area contributed by atoms with E-state index in [9.17, 15) is 9.18 Å². The van der Waals surface area contributed by atoms with Gasteiger partial charge in [0.15, 0.2) is 11.5 Å². The molecule has 0 spiro atoms. The summed E-state index contributed by atoms with van der Waals surface area (Å²) < 4.78 is 24.4. The molecular weight excluding hydrogens is 368 g/mol. The number of nitrogens with one attached hydrogen (secondary N) is 1. The molecule has 0 unspecified atom stereocenters. The Morgan fingerprint density at radius 2 is 2.00 bits per heavy atom. The van der Waals surface area contributed by atoms with Crippen molar-refractivity contribution in [1.82, 2.24) is 5.32 Å². The van der Waals surface area contributed by atoms with Gasteiger partial charge >= 0.3 is 0 Å². The van der Waals surface area contributed by atoms with Gasteiger partial charge in [0, 0.05) is 17.1 Å². The summed E-state index contributed by atoms with van der Waals surface area (Å²) in [6.45, 7) is 2.51. The normalized spacial score (nSPS) is 10.4. The summed E-state index contributed by atoms with van der Waals surface area (Å²) in [7, 11) is 1.51. The molecule has 0 bridgehead atoms. The van der Waals surface area contributed by atoms with Crippen molar-refractivity contribution in [2.45, 2.75) is 19.9 Å². The minimum absolute atomic E-state index is 0.145. The number of rotatable bonds is 7. The monoisotopic (exact) mass is 385 g/mol. The molecule has 0 fully saturated rings. The van der Waals surface area contributed by atoms with Crippen molar-refractivity contribution in [3.05, 3.63) is 57.3 Å². The van der Waals surface area contributed by atoms with E-state index in [1.54, 1.807) is 18.2 Å². The van der Waals surface area contributed by atoms with Crippen LogP contribution in [0.1, 0.15) is 18.1 Å². The summed E-state index contributed by atoms with van der Waals surface area (Å²) in [4.78, 5) is 12.1. The second-order valence-corrected chi connectivity index (χ2v) is 6.01. The molecule has 0 aliphatic heterocycles. The first kappa shape index (κ1) is 19.3. The van der Waals surface area contributed by atoms with Crippen molar-refractivity contribution < 1.29 is 18.7 Å². The number of halogens is 3. The van der Waals surface area contributed by atoms with E-state index >= 15 is 0 Å². The van der Waals surface area contributed by atoms with Crippen LogP contribution in [0.2, 0.25) is 10.0 Å². The Bertz CT molecular complexity index is 748. The SMILES string of the molecule is CCOc1c(Cl)cc(CNC(=O)Cc2c(F)cccc2Cl)cc1OC. The number of carbonyl (C=O) groups excluding carboxylic acids is 1. The van der Waals surface area contributed by atoms with E-state index < -0.39 is 5.82 Å². The van der Waals surface area contributed by atoms with E-state index in [0.29, 0.717) is 23.1 Å². The average Bonchev–Trinajstić information content (AvgIpc) is 2.58. The van der Waals surface area contributed by atoms with Gasteiger partial charge in [-0.2, -0.15) is 0 Å². The third-order valence-electron chi connectivity index (χ3n) is 3.47. The smallest absolute Gasteiger partial charge is 0.224 e. The fourth-order valence-electron chi connectivity index (χ4n) is 2.28. The fourth-order valence-corrected chi connectivity index (χ4v) is 2.80. The Morgan fingerprint density at radius 3 is 2.64 bits per heavy atom. The molecule has 2 aromatic carbocycles. The second kappa shape index (κ2) is 8.92. The molecule has 0 heterocycles. The minimum Gasteiger partial charge on any atom is -0.493 e. The first-order valence-electron chi connectivity index (χ1n) is 7.65. The summed E-state index contributed by atoms with van der Waals surface area (Å²) >= 11 is 12.1. The molecule has 0 aromatic heterocycles. The van der Waals surface area contributed by atoms with Gasteiger partial charge in [-0.1, -0.05) is 29.3 Å². The van der Waals surface area contributed by atoms with Crippen molar-refractivity contribution >= 4 is 29.1 Å². The maximum Gasteiger partial charge on any atom is 0.224 e.